The molecule has 3 atom stereocenters. The number of hydrogen-bond acceptors (Lipinski definition) is 7. The van der Waals surface area contributed by atoms with Crippen LogP contribution in [0.15, 0.2) is 12.7 Å². The van der Waals surface area contributed by atoms with Gasteiger partial charge in [0.15, 0.2) is 37.9 Å². The average Bonchev–Trinajstić information content (AvgIpc) is 3.09. The fourth-order valence-electron chi connectivity index (χ4n) is 2.81. The first-order valence-electron chi connectivity index (χ1n) is 8.87. The molecular weight excluding hydrogens is 350 g/mol. The highest BCUT2D eigenvalue weighted by molar-refractivity contribution is 6.74. The van der Waals surface area contributed by atoms with Gasteiger partial charge in [-0.1, -0.05) is 27.7 Å². The highest BCUT2D eigenvalue weighted by Crippen LogP contribution is 2.41. The molecular formula is C17H27N5O3Si. The number of ketones is 1. The van der Waals surface area contributed by atoms with Crippen LogP contribution in [0, 0.1) is 0 Å². The van der Waals surface area contributed by atoms with Crippen LogP contribution in [0.4, 0.5) is 5.82 Å². The topological polar surface area (TPSA) is 105 Å². The van der Waals surface area contributed by atoms with Crippen molar-refractivity contribution in [2.24, 2.45) is 0 Å². The predicted octanol–water partition coefficient (Wildman–Crippen LogP) is 2.68. The zero-order valence-electron chi connectivity index (χ0n) is 16.2. The van der Waals surface area contributed by atoms with Crippen molar-refractivity contribution in [3.8, 4) is 0 Å². The zero-order valence-corrected chi connectivity index (χ0v) is 17.2. The first-order valence-corrected chi connectivity index (χ1v) is 11.8. The second-order valence-electron chi connectivity index (χ2n) is 8.21. The van der Waals surface area contributed by atoms with Gasteiger partial charge in [0.2, 0.25) is 0 Å². The van der Waals surface area contributed by atoms with Gasteiger partial charge in [0.05, 0.1) is 6.33 Å². The fourth-order valence-corrected chi connectivity index (χ4v) is 4.03. The van der Waals surface area contributed by atoms with E-state index in [0.717, 1.165) is 0 Å². The quantitative estimate of drug-likeness (QED) is 0.817. The second-order valence-corrected chi connectivity index (χ2v) is 13.0. The predicted molar refractivity (Wildman–Crippen MR) is 101 cm³/mol. The van der Waals surface area contributed by atoms with E-state index in [9.17, 15) is 4.79 Å². The van der Waals surface area contributed by atoms with Crippen LogP contribution in [0.2, 0.25) is 18.1 Å². The molecule has 142 valence electrons. The van der Waals surface area contributed by atoms with Crippen LogP contribution in [0.25, 0.3) is 11.2 Å². The maximum absolute atomic E-state index is 12.9. The second kappa shape index (κ2) is 6.40. The number of nitrogens with zero attached hydrogens (tertiary/aromatic N) is 4. The lowest BCUT2D eigenvalue weighted by Gasteiger charge is -2.38. The number of hydrogen-bond donors (Lipinski definition) is 1. The highest BCUT2D eigenvalue weighted by Gasteiger charge is 2.50. The Morgan fingerprint density at radius 3 is 2.62 bits per heavy atom. The fraction of sp³-hybridized carbons (Fsp3) is 0.647. The van der Waals surface area contributed by atoms with Crippen LogP contribution in [0.1, 0.15) is 40.3 Å². The van der Waals surface area contributed by atoms with Gasteiger partial charge < -0.3 is 14.9 Å². The summed E-state index contributed by atoms with van der Waals surface area (Å²) >= 11 is 0. The van der Waals surface area contributed by atoms with E-state index in [1.807, 2.05) is 6.92 Å². The first-order chi connectivity index (χ1) is 12.1. The summed E-state index contributed by atoms with van der Waals surface area (Å²) in [6.07, 6.45) is 1.78. The Hall–Kier alpha value is -1.84. The molecule has 1 saturated heterocycles. The molecule has 3 rings (SSSR count). The van der Waals surface area contributed by atoms with Gasteiger partial charge in [0, 0.05) is 0 Å². The van der Waals surface area contributed by atoms with Crippen molar-refractivity contribution in [3.63, 3.8) is 0 Å². The van der Waals surface area contributed by atoms with E-state index in [1.54, 1.807) is 10.9 Å². The molecule has 2 aromatic rings. The van der Waals surface area contributed by atoms with Gasteiger partial charge in [-0.05, 0) is 24.6 Å². The monoisotopic (exact) mass is 377 g/mol. The Kier molecular flexibility index (Phi) is 4.66. The molecule has 0 bridgehead atoms. The van der Waals surface area contributed by atoms with Gasteiger partial charge in [0.25, 0.3) is 0 Å². The summed E-state index contributed by atoms with van der Waals surface area (Å²) in [4.78, 5) is 25.5. The Morgan fingerprint density at radius 2 is 2.00 bits per heavy atom. The van der Waals surface area contributed by atoms with Crippen molar-refractivity contribution < 1.29 is 14.0 Å². The Balaban J connectivity index is 2.03. The van der Waals surface area contributed by atoms with Crippen LogP contribution in [0.3, 0.4) is 0 Å². The molecule has 0 saturated carbocycles. The van der Waals surface area contributed by atoms with E-state index in [2.05, 4.69) is 48.8 Å². The number of carbonyl (C=O) groups is 1. The lowest BCUT2D eigenvalue weighted by molar-refractivity contribution is -0.126. The zero-order chi connectivity index (χ0) is 19.3. The number of ether oxygens (including phenoxy) is 1. The largest absolute Gasteiger partial charge is 0.403 e. The molecule has 0 spiro atoms. The van der Waals surface area contributed by atoms with Gasteiger partial charge in [-0.2, -0.15) is 0 Å². The molecule has 0 amide bonds. The van der Waals surface area contributed by atoms with Crippen molar-refractivity contribution in [1.29, 1.82) is 0 Å². The Bertz CT molecular complexity index is 829. The number of aromatic nitrogens is 4. The molecule has 1 aliphatic heterocycles. The van der Waals surface area contributed by atoms with E-state index in [0.29, 0.717) is 23.4 Å². The van der Waals surface area contributed by atoms with E-state index in [-0.39, 0.29) is 10.8 Å². The molecule has 1 unspecified atom stereocenters. The summed E-state index contributed by atoms with van der Waals surface area (Å²) in [6, 6.07) is 0. The summed E-state index contributed by atoms with van der Waals surface area (Å²) in [5, 5.41) is -0.0221. The molecule has 0 aromatic carbocycles. The molecule has 1 fully saturated rings. The minimum atomic E-state index is -2.18. The van der Waals surface area contributed by atoms with Crippen LogP contribution in [-0.4, -0.2) is 45.8 Å². The molecule has 1 aliphatic rings. The SMILES string of the molecule is CC[C@H]1O[C@@H](n2cnc3c(N)ncnc32)C(O[Si](C)(C)C(C)(C)C)C1=O. The van der Waals surface area contributed by atoms with Crippen molar-refractivity contribution in [1.82, 2.24) is 19.5 Å². The summed E-state index contributed by atoms with van der Waals surface area (Å²) in [6.45, 7) is 12.6. The average molecular weight is 378 g/mol. The van der Waals surface area contributed by atoms with Crippen LogP contribution < -0.4 is 5.73 Å². The molecule has 0 aliphatic carbocycles. The summed E-state index contributed by atoms with van der Waals surface area (Å²) in [5.41, 5.74) is 6.92. The minimum absolute atomic E-state index is 0.0220. The van der Waals surface area contributed by atoms with Crippen molar-refractivity contribution in [2.45, 2.75) is 70.7 Å². The van der Waals surface area contributed by atoms with E-state index in [1.165, 1.54) is 6.33 Å². The molecule has 3 heterocycles. The number of carbonyl (C=O) groups excluding carboxylic acids is 1. The van der Waals surface area contributed by atoms with Crippen LogP contribution in [-0.2, 0) is 14.0 Å². The van der Waals surface area contributed by atoms with Crippen LogP contribution in [0.5, 0.6) is 0 Å². The summed E-state index contributed by atoms with van der Waals surface area (Å²) in [5.74, 6) is 0.276. The van der Waals surface area contributed by atoms with Crippen molar-refractivity contribution in [2.75, 3.05) is 5.73 Å². The van der Waals surface area contributed by atoms with Crippen molar-refractivity contribution in [3.05, 3.63) is 12.7 Å². The van der Waals surface area contributed by atoms with Crippen molar-refractivity contribution >= 4 is 31.1 Å². The van der Waals surface area contributed by atoms with E-state index >= 15 is 0 Å². The maximum Gasteiger partial charge on any atom is 0.193 e. The number of nitrogens with two attached hydrogens (primary N) is 1. The summed E-state index contributed by atoms with van der Waals surface area (Å²) < 4.78 is 14.3. The number of anilines is 1. The number of imidazole rings is 1. The third-order valence-electron chi connectivity index (χ3n) is 5.42. The third-order valence-corrected chi connectivity index (χ3v) is 9.88. The normalized spacial score (nSPS) is 24.5. The summed E-state index contributed by atoms with van der Waals surface area (Å²) in [7, 11) is -2.18. The van der Waals surface area contributed by atoms with Gasteiger partial charge in [0.1, 0.15) is 17.9 Å². The number of rotatable bonds is 4. The molecule has 2 N–H and O–H groups in total. The lowest BCUT2D eigenvalue weighted by atomic mass is 10.1. The standard InChI is InChI=1S/C17H27N5O3Si/c1-7-10-12(23)13(25-26(5,6)17(2,3)4)16(24-10)22-9-21-11-14(18)19-8-20-15(11)22/h8-10,13,16H,7H2,1-6H3,(H2,18,19,20)/t10-,13?,16-/m1/s1. The lowest BCUT2D eigenvalue weighted by Crippen LogP contribution is -2.47. The Morgan fingerprint density at radius 1 is 1.31 bits per heavy atom. The van der Waals surface area contributed by atoms with Gasteiger partial charge >= 0.3 is 0 Å². The molecule has 9 heteroatoms. The van der Waals surface area contributed by atoms with Crippen LogP contribution >= 0.6 is 0 Å². The molecule has 8 nitrogen and oxygen atoms in total. The van der Waals surface area contributed by atoms with Gasteiger partial charge in [-0.25, -0.2) is 15.0 Å². The van der Waals surface area contributed by atoms with Gasteiger partial charge in [-0.3, -0.25) is 9.36 Å². The van der Waals surface area contributed by atoms with E-state index in [4.69, 9.17) is 14.9 Å². The molecule has 0 radical (unpaired) electrons. The maximum atomic E-state index is 12.9. The highest BCUT2D eigenvalue weighted by atomic mass is 28.4. The Labute approximate surface area is 154 Å². The first kappa shape index (κ1) is 18.9. The minimum Gasteiger partial charge on any atom is -0.403 e. The molecule has 2 aromatic heterocycles. The van der Waals surface area contributed by atoms with E-state index < -0.39 is 26.8 Å². The number of fused-ring (bicyclic) bond motifs is 1. The third kappa shape index (κ3) is 3.04. The molecule has 26 heavy (non-hydrogen) atoms. The van der Waals surface area contributed by atoms with Gasteiger partial charge in [-0.15, -0.1) is 0 Å². The number of nitrogen functional groups attached to an aromatic ring is 1. The number of Topliss-reactive ketones (excluding diaryl/α,β-unsaturated/α-hetero) is 1. The smallest absolute Gasteiger partial charge is 0.193 e.